The molecule has 0 aliphatic carbocycles. The third-order valence-electron chi connectivity index (χ3n) is 2.85. The summed E-state index contributed by atoms with van der Waals surface area (Å²) < 4.78 is 0.913. The average molecular weight is 349 g/mol. The molecule has 0 aliphatic rings. The van der Waals surface area contributed by atoms with Crippen LogP contribution in [0.25, 0.3) is 0 Å². The fourth-order valence-corrected chi connectivity index (χ4v) is 2.05. The van der Waals surface area contributed by atoms with E-state index in [0.717, 1.165) is 10.0 Å². The highest BCUT2D eigenvalue weighted by atomic mass is 79.9. The van der Waals surface area contributed by atoms with Crippen LogP contribution in [-0.2, 0) is 11.2 Å². The van der Waals surface area contributed by atoms with Crippen molar-refractivity contribution in [1.29, 1.82) is 0 Å². The van der Waals surface area contributed by atoms with Gasteiger partial charge in [-0.15, -0.1) is 0 Å². The molecular formula is C15H13BrN2O3. The van der Waals surface area contributed by atoms with Crippen molar-refractivity contribution in [2.24, 2.45) is 0 Å². The van der Waals surface area contributed by atoms with E-state index in [4.69, 9.17) is 0 Å². The van der Waals surface area contributed by atoms with Crippen molar-refractivity contribution in [2.75, 3.05) is 0 Å². The molecule has 0 aliphatic heterocycles. The molecule has 1 atom stereocenters. The Hall–Kier alpha value is -2.21. The molecule has 0 saturated heterocycles. The highest BCUT2D eigenvalue weighted by molar-refractivity contribution is 9.10. The molecule has 6 heteroatoms. The first-order valence-electron chi connectivity index (χ1n) is 6.25. The number of carboxylic acids is 1. The standard InChI is InChI=1S/C15H13BrN2O3/c16-11-6-4-10(5-7-11)9-13(15(20)21)18-14(19)12-3-1-2-8-17-12/h1-8,13H,9H2,(H,18,19)(H,20,21)/t13-/m1/s1. The summed E-state index contributed by atoms with van der Waals surface area (Å²) in [4.78, 5) is 27.2. The maximum absolute atomic E-state index is 12.0. The predicted molar refractivity (Wildman–Crippen MR) is 81.0 cm³/mol. The van der Waals surface area contributed by atoms with Gasteiger partial charge in [0.25, 0.3) is 5.91 Å². The van der Waals surface area contributed by atoms with Crippen LogP contribution in [-0.4, -0.2) is 28.0 Å². The number of benzene rings is 1. The second-order valence-corrected chi connectivity index (χ2v) is 5.33. The van der Waals surface area contributed by atoms with Crippen LogP contribution >= 0.6 is 15.9 Å². The zero-order chi connectivity index (χ0) is 15.2. The number of rotatable bonds is 5. The van der Waals surface area contributed by atoms with Crippen LogP contribution in [0.2, 0.25) is 0 Å². The maximum atomic E-state index is 12.0. The van der Waals surface area contributed by atoms with E-state index in [0.29, 0.717) is 0 Å². The lowest BCUT2D eigenvalue weighted by Gasteiger charge is -2.14. The molecule has 1 amide bonds. The number of hydrogen-bond donors (Lipinski definition) is 2. The SMILES string of the molecule is O=C(N[C@H](Cc1ccc(Br)cc1)C(=O)O)c1ccccn1. The van der Waals surface area contributed by atoms with E-state index < -0.39 is 17.9 Å². The number of pyridine rings is 1. The summed E-state index contributed by atoms with van der Waals surface area (Å²) in [5.74, 6) is -1.58. The number of nitrogens with zero attached hydrogens (tertiary/aromatic N) is 1. The molecule has 0 fully saturated rings. The van der Waals surface area contributed by atoms with E-state index in [1.807, 2.05) is 24.3 Å². The quantitative estimate of drug-likeness (QED) is 0.868. The molecule has 0 unspecified atom stereocenters. The number of nitrogens with one attached hydrogen (secondary N) is 1. The first kappa shape index (κ1) is 15.2. The lowest BCUT2D eigenvalue weighted by molar-refractivity contribution is -0.139. The summed E-state index contributed by atoms with van der Waals surface area (Å²) in [5.41, 5.74) is 1.02. The molecule has 2 N–H and O–H groups in total. The summed E-state index contributed by atoms with van der Waals surface area (Å²) in [6, 6.07) is 11.2. The van der Waals surface area contributed by atoms with Crippen LogP contribution in [0.1, 0.15) is 16.1 Å². The highest BCUT2D eigenvalue weighted by Crippen LogP contribution is 2.12. The Balaban J connectivity index is 2.07. The molecule has 1 aromatic heterocycles. The molecule has 21 heavy (non-hydrogen) atoms. The summed E-state index contributed by atoms with van der Waals surface area (Å²) in [6.45, 7) is 0. The summed E-state index contributed by atoms with van der Waals surface area (Å²) in [5, 5.41) is 11.7. The largest absolute Gasteiger partial charge is 0.480 e. The van der Waals surface area contributed by atoms with Crippen LogP contribution < -0.4 is 5.32 Å². The third-order valence-corrected chi connectivity index (χ3v) is 3.38. The monoisotopic (exact) mass is 348 g/mol. The lowest BCUT2D eigenvalue weighted by Crippen LogP contribution is -2.42. The van der Waals surface area contributed by atoms with Gasteiger partial charge >= 0.3 is 5.97 Å². The number of aliphatic carboxylic acids is 1. The molecular weight excluding hydrogens is 336 g/mol. The first-order chi connectivity index (χ1) is 10.1. The third kappa shape index (κ3) is 4.39. The fraction of sp³-hybridized carbons (Fsp3) is 0.133. The van der Waals surface area contributed by atoms with Gasteiger partial charge in [0, 0.05) is 17.1 Å². The Kier molecular flexibility index (Phi) is 5.05. The molecule has 5 nitrogen and oxygen atoms in total. The van der Waals surface area contributed by atoms with E-state index in [2.05, 4.69) is 26.2 Å². The van der Waals surface area contributed by atoms with Gasteiger partial charge in [-0.2, -0.15) is 0 Å². The zero-order valence-electron chi connectivity index (χ0n) is 11.0. The number of amides is 1. The Morgan fingerprint density at radius 3 is 2.48 bits per heavy atom. The average Bonchev–Trinajstić information content (AvgIpc) is 2.49. The number of halogens is 1. The van der Waals surface area contributed by atoms with Crippen LogP contribution in [0.3, 0.4) is 0 Å². The Morgan fingerprint density at radius 1 is 1.19 bits per heavy atom. The van der Waals surface area contributed by atoms with E-state index in [1.165, 1.54) is 12.3 Å². The smallest absolute Gasteiger partial charge is 0.326 e. The van der Waals surface area contributed by atoms with E-state index in [1.54, 1.807) is 12.1 Å². The highest BCUT2D eigenvalue weighted by Gasteiger charge is 2.21. The van der Waals surface area contributed by atoms with Crippen molar-refractivity contribution in [2.45, 2.75) is 12.5 Å². The molecule has 0 radical (unpaired) electrons. The topological polar surface area (TPSA) is 79.3 Å². The number of carboxylic acid groups (broad SMARTS) is 1. The number of carbonyl (C=O) groups is 2. The molecule has 108 valence electrons. The van der Waals surface area contributed by atoms with Crippen molar-refractivity contribution in [3.05, 3.63) is 64.4 Å². The zero-order valence-corrected chi connectivity index (χ0v) is 12.6. The van der Waals surface area contributed by atoms with Crippen molar-refractivity contribution in [3.8, 4) is 0 Å². The van der Waals surface area contributed by atoms with Crippen molar-refractivity contribution in [1.82, 2.24) is 10.3 Å². The minimum atomic E-state index is -1.08. The number of aromatic nitrogens is 1. The van der Waals surface area contributed by atoms with E-state index in [9.17, 15) is 14.7 Å². The second-order valence-electron chi connectivity index (χ2n) is 4.41. The second kappa shape index (κ2) is 6.99. The van der Waals surface area contributed by atoms with Crippen LogP contribution in [0.5, 0.6) is 0 Å². The van der Waals surface area contributed by atoms with Gasteiger partial charge in [0.2, 0.25) is 0 Å². The van der Waals surface area contributed by atoms with Crippen molar-refractivity contribution < 1.29 is 14.7 Å². The van der Waals surface area contributed by atoms with Crippen molar-refractivity contribution in [3.63, 3.8) is 0 Å². The molecule has 2 aromatic rings. The van der Waals surface area contributed by atoms with Gasteiger partial charge in [0.1, 0.15) is 11.7 Å². The van der Waals surface area contributed by atoms with Gasteiger partial charge < -0.3 is 10.4 Å². The van der Waals surface area contributed by atoms with E-state index >= 15 is 0 Å². The summed E-state index contributed by atoms with van der Waals surface area (Å²) in [6.07, 6.45) is 1.70. The van der Waals surface area contributed by atoms with Gasteiger partial charge in [-0.05, 0) is 29.8 Å². The predicted octanol–water partition coefficient (Wildman–Crippen LogP) is 2.27. The maximum Gasteiger partial charge on any atom is 0.326 e. The molecule has 2 rings (SSSR count). The van der Waals surface area contributed by atoms with Gasteiger partial charge in [-0.1, -0.05) is 34.1 Å². The summed E-state index contributed by atoms with van der Waals surface area (Å²) in [7, 11) is 0. The first-order valence-corrected chi connectivity index (χ1v) is 7.04. The molecule has 0 spiro atoms. The summed E-state index contributed by atoms with van der Waals surface area (Å²) >= 11 is 3.32. The van der Waals surface area contributed by atoms with Crippen LogP contribution in [0.15, 0.2) is 53.1 Å². The minimum absolute atomic E-state index is 0.194. The molecule has 0 saturated carbocycles. The molecule has 0 bridgehead atoms. The molecule has 1 aromatic carbocycles. The van der Waals surface area contributed by atoms with Gasteiger partial charge in [0.05, 0.1) is 0 Å². The molecule has 1 heterocycles. The van der Waals surface area contributed by atoms with E-state index in [-0.39, 0.29) is 12.1 Å². The van der Waals surface area contributed by atoms with Crippen LogP contribution in [0, 0.1) is 0 Å². The normalized spacial score (nSPS) is 11.7. The lowest BCUT2D eigenvalue weighted by atomic mass is 10.1. The van der Waals surface area contributed by atoms with Crippen molar-refractivity contribution >= 4 is 27.8 Å². The fourth-order valence-electron chi connectivity index (χ4n) is 1.79. The number of hydrogen-bond acceptors (Lipinski definition) is 3. The Bertz CT molecular complexity index is 629. The Labute approximate surface area is 130 Å². The van der Waals surface area contributed by atoms with Gasteiger partial charge in [-0.25, -0.2) is 4.79 Å². The Morgan fingerprint density at radius 2 is 1.90 bits per heavy atom. The van der Waals surface area contributed by atoms with Gasteiger partial charge in [0.15, 0.2) is 0 Å². The number of carbonyl (C=O) groups excluding carboxylic acids is 1. The van der Waals surface area contributed by atoms with Crippen LogP contribution in [0.4, 0.5) is 0 Å². The van der Waals surface area contributed by atoms with Gasteiger partial charge in [-0.3, -0.25) is 9.78 Å². The minimum Gasteiger partial charge on any atom is -0.480 e.